The lowest BCUT2D eigenvalue weighted by Crippen LogP contribution is -2.45. The number of amides is 1. The van der Waals surface area contributed by atoms with Crippen LogP contribution in [0.1, 0.15) is 24.8 Å². The second kappa shape index (κ2) is 8.90. The van der Waals surface area contributed by atoms with E-state index in [1.165, 1.54) is 5.56 Å². The lowest BCUT2D eigenvalue weighted by Gasteiger charge is -2.32. The van der Waals surface area contributed by atoms with Gasteiger partial charge in [-0.1, -0.05) is 42.5 Å². The zero-order valence-electron chi connectivity index (χ0n) is 16.4. The van der Waals surface area contributed by atoms with Gasteiger partial charge in [0.1, 0.15) is 0 Å². The third-order valence-corrected chi connectivity index (χ3v) is 5.46. The monoisotopic (exact) mass is 390 g/mol. The number of anilines is 1. The normalized spacial score (nSPS) is 16.7. The predicted molar refractivity (Wildman–Crippen MR) is 115 cm³/mol. The van der Waals surface area contributed by atoms with E-state index < -0.39 is 0 Å². The van der Waals surface area contributed by atoms with Crippen LogP contribution in [-0.2, 0) is 11.2 Å². The molecule has 1 aromatic heterocycles. The van der Waals surface area contributed by atoms with Crippen molar-refractivity contribution in [1.82, 2.24) is 15.3 Å². The van der Waals surface area contributed by atoms with Crippen LogP contribution in [0, 0.1) is 5.92 Å². The summed E-state index contributed by atoms with van der Waals surface area (Å²) in [6, 6.07) is 17.8. The molecule has 0 aliphatic carbocycles. The van der Waals surface area contributed by atoms with Crippen molar-refractivity contribution in [3.63, 3.8) is 0 Å². The molecule has 6 heteroatoms. The minimum atomic E-state index is -0.201. The molecule has 0 radical (unpaired) electrons. The van der Waals surface area contributed by atoms with E-state index in [-0.39, 0.29) is 17.4 Å². The Morgan fingerprint density at radius 2 is 1.93 bits per heavy atom. The summed E-state index contributed by atoms with van der Waals surface area (Å²) in [5.41, 5.74) is 2.57. The Labute approximate surface area is 170 Å². The zero-order chi connectivity index (χ0) is 20.1. The van der Waals surface area contributed by atoms with Crippen molar-refractivity contribution >= 4 is 22.8 Å². The van der Waals surface area contributed by atoms with Crippen LogP contribution in [-0.4, -0.2) is 35.5 Å². The molecule has 0 bridgehead atoms. The van der Waals surface area contributed by atoms with Gasteiger partial charge in [0.15, 0.2) is 5.82 Å². The Kier molecular flexibility index (Phi) is 5.89. The molecule has 1 atom stereocenters. The SMILES string of the molecule is O=C(NCCCc1ccccc1)[C@H]1CCCN(c2nc3ccccc3[nH]c2=O)C1. The van der Waals surface area contributed by atoms with Crippen LogP contribution < -0.4 is 15.8 Å². The summed E-state index contributed by atoms with van der Waals surface area (Å²) in [4.78, 5) is 34.5. The number of nitrogens with zero attached hydrogens (tertiary/aromatic N) is 2. The number of aromatic amines is 1. The minimum absolute atomic E-state index is 0.0694. The van der Waals surface area contributed by atoms with E-state index in [4.69, 9.17) is 0 Å². The molecule has 4 rings (SSSR count). The van der Waals surface area contributed by atoms with Gasteiger partial charge in [0.05, 0.1) is 17.0 Å². The van der Waals surface area contributed by atoms with Crippen LogP contribution in [0.3, 0.4) is 0 Å². The number of H-pyrrole nitrogens is 1. The number of fused-ring (bicyclic) bond motifs is 1. The average Bonchev–Trinajstić information content (AvgIpc) is 2.77. The highest BCUT2D eigenvalue weighted by molar-refractivity contribution is 5.80. The summed E-state index contributed by atoms with van der Waals surface area (Å²) in [6.07, 6.45) is 3.58. The molecule has 2 aromatic carbocycles. The number of benzene rings is 2. The molecule has 1 amide bonds. The number of para-hydroxylation sites is 2. The Balaban J connectivity index is 1.35. The fourth-order valence-corrected chi connectivity index (χ4v) is 3.91. The smallest absolute Gasteiger partial charge is 0.291 e. The number of aromatic nitrogens is 2. The second-order valence-electron chi connectivity index (χ2n) is 7.57. The van der Waals surface area contributed by atoms with Gasteiger partial charge in [-0.3, -0.25) is 9.59 Å². The maximum absolute atomic E-state index is 12.6. The number of hydrogen-bond acceptors (Lipinski definition) is 4. The van der Waals surface area contributed by atoms with E-state index in [1.807, 2.05) is 47.4 Å². The molecule has 1 aliphatic heterocycles. The summed E-state index contributed by atoms with van der Waals surface area (Å²) in [5.74, 6) is 0.360. The molecule has 6 nitrogen and oxygen atoms in total. The fraction of sp³-hybridized carbons (Fsp3) is 0.348. The van der Waals surface area contributed by atoms with Gasteiger partial charge in [-0.05, 0) is 43.4 Å². The Hall–Kier alpha value is -3.15. The van der Waals surface area contributed by atoms with E-state index in [2.05, 4.69) is 27.4 Å². The quantitative estimate of drug-likeness (QED) is 0.635. The molecular formula is C23H26N4O2. The van der Waals surface area contributed by atoms with Crippen LogP contribution in [0.15, 0.2) is 59.4 Å². The molecule has 2 heterocycles. The predicted octanol–water partition coefficient (Wildman–Crippen LogP) is 2.89. The molecule has 150 valence electrons. The van der Waals surface area contributed by atoms with E-state index in [1.54, 1.807) is 0 Å². The second-order valence-corrected chi connectivity index (χ2v) is 7.57. The number of carbonyl (C=O) groups excluding carboxylic acids is 1. The Morgan fingerprint density at radius 3 is 2.79 bits per heavy atom. The average molecular weight is 390 g/mol. The minimum Gasteiger partial charge on any atom is -0.356 e. The van der Waals surface area contributed by atoms with E-state index in [9.17, 15) is 9.59 Å². The fourth-order valence-electron chi connectivity index (χ4n) is 3.91. The van der Waals surface area contributed by atoms with Crippen LogP contribution in [0.5, 0.6) is 0 Å². The molecule has 0 saturated carbocycles. The molecule has 1 aliphatic rings. The number of hydrogen-bond donors (Lipinski definition) is 2. The number of rotatable bonds is 6. The van der Waals surface area contributed by atoms with Gasteiger partial charge >= 0.3 is 0 Å². The van der Waals surface area contributed by atoms with E-state index in [0.717, 1.165) is 43.3 Å². The maximum Gasteiger partial charge on any atom is 0.291 e. The summed E-state index contributed by atoms with van der Waals surface area (Å²) in [6.45, 7) is 1.93. The van der Waals surface area contributed by atoms with Gasteiger partial charge in [0.2, 0.25) is 5.91 Å². The van der Waals surface area contributed by atoms with Crippen molar-refractivity contribution in [3.05, 3.63) is 70.5 Å². The van der Waals surface area contributed by atoms with Crippen LogP contribution >= 0.6 is 0 Å². The van der Waals surface area contributed by atoms with Gasteiger partial charge in [-0.25, -0.2) is 4.98 Å². The third kappa shape index (κ3) is 4.65. The van der Waals surface area contributed by atoms with Gasteiger partial charge in [-0.15, -0.1) is 0 Å². The largest absolute Gasteiger partial charge is 0.356 e. The van der Waals surface area contributed by atoms with Crippen LogP contribution in [0.25, 0.3) is 11.0 Å². The summed E-state index contributed by atoms with van der Waals surface area (Å²) < 4.78 is 0. The Morgan fingerprint density at radius 1 is 1.14 bits per heavy atom. The molecular weight excluding hydrogens is 364 g/mol. The van der Waals surface area contributed by atoms with Gasteiger partial charge in [-0.2, -0.15) is 0 Å². The lowest BCUT2D eigenvalue weighted by atomic mass is 9.97. The topological polar surface area (TPSA) is 78.1 Å². The molecule has 1 fully saturated rings. The van der Waals surface area contributed by atoms with Crippen molar-refractivity contribution in [2.75, 3.05) is 24.5 Å². The molecule has 29 heavy (non-hydrogen) atoms. The maximum atomic E-state index is 12.6. The highest BCUT2D eigenvalue weighted by atomic mass is 16.2. The molecule has 3 aromatic rings. The Bertz CT molecular complexity index is 1030. The standard InChI is InChI=1S/C23H26N4O2/c28-22(24-14-6-10-17-8-2-1-3-9-17)18-11-7-15-27(16-18)21-23(29)26-20-13-5-4-12-19(20)25-21/h1-5,8-9,12-13,18H,6-7,10-11,14-16H2,(H,24,28)(H,26,29)/t18-/m0/s1. The first-order valence-corrected chi connectivity index (χ1v) is 10.3. The lowest BCUT2D eigenvalue weighted by molar-refractivity contribution is -0.125. The first-order valence-electron chi connectivity index (χ1n) is 10.3. The van der Waals surface area contributed by atoms with E-state index >= 15 is 0 Å². The number of aryl methyl sites for hydroxylation is 1. The van der Waals surface area contributed by atoms with Crippen molar-refractivity contribution in [2.24, 2.45) is 5.92 Å². The first kappa shape index (κ1) is 19.2. The number of nitrogens with one attached hydrogen (secondary N) is 2. The van der Waals surface area contributed by atoms with Crippen molar-refractivity contribution < 1.29 is 4.79 Å². The van der Waals surface area contributed by atoms with Crippen molar-refractivity contribution in [3.8, 4) is 0 Å². The molecule has 2 N–H and O–H groups in total. The summed E-state index contributed by atoms with van der Waals surface area (Å²) >= 11 is 0. The number of carbonyl (C=O) groups is 1. The van der Waals surface area contributed by atoms with Crippen LogP contribution in [0.2, 0.25) is 0 Å². The van der Waals surface area contributed by atoms with Gasteiger partial charge in [0, 0.05) is 19.6 Å². The summed E-state index contributed by atoms with van der Waals surface area (Å²) in [5, 5.41) is 3.07. The van der Waals surface area contributed by atoms with Crippen LogP contribution in [0.4, 0.5) is 5.82 Å². The molecule has 0 spiro atoms. The third-order valence-electron chi connectivity index (χ3n) is 5.46. The van der Waals surface area contributed by atoms with Crippen molar-refractivity contribution in [1.29, 1.82) is 0 Å². The van der Waals surface area contributed by atoms with E-state index in [0.29, 0.717) is 18.9 Å². The zero-order valence-corrected chi connectivity index (χ0v) is 16.4. The molecule has 1 saturated heterocycles. The summed E-state index contributed by atoms with van der Waals surface area (Å²) in [7, 11) is 0. The molecule has 0 unspecified atom stereocenters. The first-order chi connectivity index (χ1) is 14.2. The highest BCUT2D eigenvalue weighted by Gasteiger charge is 2.27. The van der Waals surface area contributed by atoms with Gasteiger partial charge in [0.25, 0.3) is 5.56 Å². The highest BCUT2D eigenvalue weighted by Crippen LogP contribution is 2.21. The number of piperidine rings is 1. The van der Waals surface area contributed by atoms with Crippen molar-refractivity contribution in [2.45, 2.75) is 25.7 Å². The van der Waals surface area contributed by atoms with Gasteiger partial charge < -0.3 is 15.2 Å².